The fourth-order valence-corrected chi connectivity index (χ4v) is 1.99. The van der Waals surface area contributed by atoms with Gasteiger partial charge >= 0.3 is 0 Å². The standard InChI is InChI=1S/C14H25N5O/c1-3-8-19(4-2)9-7-16-11-12-5-6-17-13(10-12)14(15)18-20/h5-6,10,16,20H,3-4,7-9,11H2,1-2H3,(H2,15,18). The Morgan fingerprint density at radius 2 is 2.25 bits per heavy atom. The third kappa shape index (κ3) is 5.54. The lowest BCUT2D eigenvalue weighted by molar-refractivity contribution is 0.287. The summed E-state index contributed by atoms with van der Waals surface area (Å²) in [6.45, 7) is 9.33. The van der Waals surface area contributed by atoms with Gasteiger partial charge in [0.15, 0.2) is 5.84 Å². The van der Waals surface area contributed by atoms with E-state index in [9.17, 15) is 0 Å². The van der Waals surface area contributed by atoms with Gasteiger partial charge in [0.1, 0.15) is 5.69 Å². The zero-order valence-corrected chi connectivity index (χ0v) is 12.3. The minimum Gasteiger partial charge on any atom is -0.409 e. The summed E-state index contributed by atoms with van der Waals surface area (Å²) < 4.78 is 0. The fourth-order valence-electron chi connectivity index (χ4n) is 1.99. The molecule has 1 rings (SSSR count). The van der Waals surface area contributed by atoms with Gasteiger partial charge in [-0.3, -0.25) is 4.98 Å². The molecule has 6 nitrogen and oxygen atoms in total. The Kier molecular flexibility index (Phi) is 7.60. The minimum atomic E-state index is 0.0342. The van der Waals surface area contributed by atoms with Crippen molar-refractivity contribution < 1.29 is 5.21 Å². The van der Waals surface area contributed by atoms with E-state index in [1.54, 1.807) is 6.20 Å². The fraction of sp³-hybridized carbons (Fsp3) is 0.571. The van der Waals surface area contributed by atoms with Gasteiger partial charge < -0.3 is 21.2 Å². The number of aromatic nitrogens is 1. The van der Waals surface area contributed by atoms with Crippen LogP contribution in [-0.2, 0) is 6.54 Å². The highest BCUT2D eigenvalue weighted by Gasteiger charge is 2.03. The lowest BCUT2D eigenvalue weighted by Gasteiger charge is -2.19. The molecule has 112 valence electrons. The molecule has 20 heavy (non-hydrogen) atoms. The summed E-state index contributed by atoms with van der Waals surface area (Å²) in [6, 6.07) is 3.75. The Morgan fingerprint density at radius 1 is 1.45 bits per heavy atom. The van der Waals surface area contributed by atoms with E-state index in [4.69, 9.17) is 10.9 Å². The highest BCUT2D eigenvalue weighted by Crippen LogP contribution is 2.01. The van der Waals surface area contributed by atoms with Crippen LogP contribution in [0.25, 0.3) is 0 Å². The first-order valence-electron chi connectivity index (χ1n) is 7.07. The van der Waals surface area contributed by atoms with Gasteiger partial charge in [-0.1, -0.05) is 19.0 Å². The molecule has 0 saturated heterocycles. The molecule has 1 aromatic heterocycles. The molecule has 0 unspecified atom stereocenters. The van der Waals surface area contributed by atoms with Crippen molar-refractivity contribution in [2.45, 2.75) is 26.8 Å². The predicted octanol–water partition coefficient (Wildman–Crippen LogP) is 0.998. The molecule has 0 aliphatic rings. The van der Waals surface area contributed by atoms with E-state index in [0.717, 1.165) is 38.3 Å². The monoisotopic (exact) mass is 279 g/mol. The smallest absolute Gasteiger partial charge is 0.188 e. The van der Waals surface area contributed by atoms with Crippen LogP contribution in [0.1, 0.15) is 31.5 Å². The molecule has 6 heteroatoms. The van der Waals surface area contributed by atoms with E-state index in [0.29, 0.717) is 5.69 Å². The number of pyridine rings is 1. The van der Waals surface area contributed by atoms with Gasteiger partial charge in [-0.05, 0) is 37.2 Å². The number of hydrogen-bond donors (Lipinski definition) is 3. The lowest BCUT2D eigenvalue weighted by Crippen LogP contribution is -2.32. The number of likely N-dealkylation sites (N-methyl/N-ethyl adjacent to an activating group) is 1. The predicted molar refractivity (Wildman–Crippen MR) is 80.9 cm³/mol. The van der Waals surface area contributed by atoms with E-state index in [1.165, 1.54) is 6.42 Å². The summed E-state index contributed by atoms with van der Waals surface area (Å²) in [5.74, 6) is 0.0342. The summed E-state index contributed by atoms with van der Waals surface area (Å²) in [4.78, 5) is 6.47. The summed E-state index contributed by atoms with van der Waals surface area (Å²) in [5.41, 5.74) is 7.08. The van der Waals surface area contributed by atoms with Crippen molar-refractivity contribution in [3.8, 4) is 0 Å². The van der Waals surface area contributed by atoms with Gasteiger partial charge in [0, 0.05) is 25.8 Å². The van der Waals surface area contributed by atoms with Crippen LogP contribution in [-0.4, -0.2) is 47.1 Å². The average molecular weight is 279 g/mol. The maximum Gasteiger partial charge on any atom is 0.188 e. The van der Waals surface area contributed by atoms with Crippen molar-refractivity contribution in [2.24, 2.45) is 10.9 Å². The number of rotatable bonds is 9. The van der Waals surface area contributed by atoms with Crippen molar-refractivity contribution in [2.75, 3.05) is 26.2 Å². The largest absolute Gasteiger partial charge is 0.409 e. The molecule has 0 aliphatic heterocycles. The normalized spacial score (nSPS) is 12.1. The van der Waals surface area contributed by atoms with E-state index in [1.807, 2.05) is 12.1 Å². The number of nitrogens with two attached hydrogens (primary N) is 1. The van der Waals surface area contributed by atoms with Crippen LogP contribution in [0.5, 0.6) is 0 Å². The van der Waals surface area contributed by atoms with Gasteiger partial charge in [-0.25, -0.2) is 0 Å². The van der Waals surface area contributed by atoms with E-state index < -0.39 is 0 Å². The highest BCUT2D eigenvalue weighted by atomic mass is 16.4. The summed E-state index contributed by atoms with van der Waals surface area (Å²) in [6.07, 6.45) is 2.85. The van der Waals surface area contributed by atoms with Gasteiger partial charge in [0.05, 0.1) is 0 Å². The first-order valence-corrected chi connectivity index (χ1v) is 7.07. The van der Waals surface area contributed by atoms with Crippen molar-refractivity contribution in [1.82, 2.24) is 15.2 Å². The third-order valence-corrected chi connectivity index (χ3v) is 3.12. The van der Waals surface area contributed by atoms with Crippen molar-refractivity contribution in [1.29, 1.82) is 0 Å². The second-order valence-corrected chi connectivity index (χ2v) is 4.65. The summed E-state index contributed by atoms with van der Waals surface area (Å²) in [5, 5.41) is 15.0. The molecule has 0 bridgehead atoms. The Bertz CT molecular complexity index is 422. The van der Waals surface area contributed by atoms with E-state index in [-0.39, 0.29) is 5.84 Å². The Morgan fingerprint density at radius 3 is 2.90 bits per heavy atom. The number of amidine groups is 1. The number of oxime groups is 1. The molecule has 0 amide bonds. The van der Waals surface area contributed by atoms with Crippen molar-refractivity contribution in [3.05, 3.63) is 29.6 Å². The maximum atomic E-state index is 8.63. The van der Waals surface area contributed by atoms with Crippen LogP contribution >= 0.6 is 0 Å². The molecule has 4 N–H and O–H groups in total. The lowest BCUT2D eigenvalue weighted by atomic mass is 10.2. The quantitative estimate of drug-likeness (QED) is 0.206. The van der Waals surface area contributed by atoms with Crippen LogP contribution in [0.2, 0.25) is 0 Å². The van der Waals surface area contributed by atoms with Gasteiger partial charge in [0.2, 0.25) is 0 Å². The van der Waals surface area contributed by atoms with E-state index in [2.05, 4.69) is 34.2 Å². The van der Waals surface area contributed by atoms with Gasteiger partial charge in [-0.2, -0.15) is 0 Å². The van der Waals surface area contributed by atoms with Crippen LogP contribution in [0.15, 0.2) is 23.5 Å². The summed E-state index contributed by atoms with van der Waals surface area (Å²) in [7, 11) is 0. The molecule has 0 saturated carbocycles. The second kappa shape index (κ2) is 9.28. The summed E-state index contributed by atoms with van der Waals surface area (Å²) >= 11 is 0. The molecule has 0 aromatic carbocycles. The molecule has 1 aromatic rings. The second-order valence-electron chi connectivity index (χ2n) is 4.65. The first kappa shape index (κ1) is 16.4. The zero-order chi connectivity index (χ0) is 14.8. The van der Waals surface area contributed by atoms with Crippen LogP contribution in [0.4, 0.5) is 0 Å². The molecule has 0 atom stereocenters. The molecular weight excluding hydrogens is 254 g/mol. The Labute approximate surface area is 120 Å². The number of nitrogens with one attached hydrogen (secondary N) is 1. The minimum absolute atomic E-state index is 0.0342. The zero-order valence-electron chi connectivity index (χ0n) is 12.3. The van der Waals surface area contributed by atoms with Crippen molar-refractivity contribution >= 4 is 5.84 Å². The molecule has 1 heterocycles. The Balaban J connectivity index is 2.38. The SMILES string of the molecule is CCCN(CC)CCNCc1ccnc(/C(N)=N/O)c1. The highest BCUT2D eigenvalue weighted by molar-refractivity contribution is 5.95. The number of hydrogen-bond acceptors (Lipinski definition) is 5. The Hall–Kier alpha value is -1.66. The first-order chi connectivity index (χ1) is 9.71. The number of nitrogens with zero attached hydrogens (tertiary/aromatic N) is 3. The van der Waals surface area contributed by atoms with Gasteiger partial charge in [0.25, 0.3) is 0 Å². The third-order valence-electron chi connectivity index (χ3n) is 3.12. The van der Waals surface area contributed by atoms with Gasteiger partial charge in [-0.15, -0.1) is 0 Å². The molecule has 0 fully saturated rings. The topological polar surface area (TPSA) is 86.8 Å². The molecule has 0 radical (unpaired) electrons. The van der Waals surface area contributed by atoms with Crippen LogP contribution in [0.3, 0.4) is 0 Å². The molecule has 0 aliphatic carbocycles. The van der Waals surface area contributed by atoms with Crippen molar-refractivity contribution in [3.63, 3.8) is 0 Å². The van der Waals surface area contributed by atoms with E-state index >= 15 is 0 Å². The molecular formula is C14H25N5O. The van der Waals surface area contributed by atoms with Crippen LogP contribution in [0, 0.1) is 0 Å². The van der Waals surface area contributed by atoms with Crippen LogP contribution < -0.4 is 11.1 Å². The molecule has 0 spiro atoms. The average Bonchev–Trinajstić information content (AvgIpc) is 2.49. The maximum absolute atomic E-state index is 8.63.